The van der Waals surface area contributed by atoms with Gasteiger partial charge in [-0.25, -0.2) is 0 Å². The summed E-state index contributed by atoms with van der Waals surface area (Å²) < 4.78 is 1.33. The van der Waals surface area contributed by atoms with E-state index in [0.29, 0.717) is 0 Å². The molecule has 1 nitrogen and oxygen atoms in total. The Morgan fingerprint density at radius 1 is 0.636 bits per heavy atom. The average molecular weight is 301 g/mol. The molecule has 22 heavy (non-hydrogen) atoms. The first-order valence-electron chi connectivity index (χ1n) is 7.29. The van der Waals surface area contributed by atoms with Crippen LogP contribution in [0.15, 0.2) is 84.2 Å². The molecule has 0 aliphatic heterocycles. The third kappa shape index (κ3) is 2.38. The second-order valence-corrected chi connectivity index (χ2v) is 6.09. The second kappa shape index (κ2) is 5.66. The Hall–Kier alpha value is -2.58. The highest BCUT2D eigenvalue weighted by atomic mass is 32.1. The summed E-state index contributed by atoms with van der Waals surface area (Å²) in [6.45, 7) is 0. The molecule has 0 saturated heterocycles. The first-order chi connectivity index (χ1) is 10.9. The van der Waals surface area contributed by atoms with E-state index < -0.39 is 0 Å². The van der Waals surface area contributed by atoms with Crippen LogP contribution in [0.25, 0.3) is 21.2 Å². The quantitative estimate of drug-likeness (QED) is 0.467. The minimum absolute atomic E-state index is 1.11. The van der Waals surface area contributed by atoms with Gasteiger partial charge in [-0.2, -0.15) is 0 Å². The summed E-state index contributed by atoms with van der Waals surface area (Å²) in [5, 5.41) is 7.09. The fraction of sp³-hybridized carbons (Fsp3) is 0. The summed E-state index contributed by atoms with van der Waals surface area (Å²) >= 11 is 1.80. The van der Waals surface area contributed by atoms with Crippen molar-refractivity contribution in [2.24, 2.45) is 0 Å². The molecule has 4 aromatic rings. The molecular weight excluding hydrogens is 286 g/mol. The SMILES string of the molecule is c1ccc(Nc2ccccc2-c2csc3ccccc23)cc1. The van der Waals surface area contributed by atoms with Crippen LogP contribution in [0.3, 0.4) is 0 Å². The van der Waals surface area contributed by atoms with Crippen molar-refractivity contribution >= 4 is 32.8 Å². The monoisotopic (exact) mass is 301 g/mol. The number of hydrogen-bond acceptors (Lipinski definition) is 2. The van der Waals surface area contributed by atoms with Crippen LogP contribution in [0.1, 0.15) is 0 Å². The molecule has 0 saturated carbocycles. The van der Waals surface area contributed by atoms with Gasteiger partial charge in [0.15, 0.2) is 0 Å². The number of thiophene rings is 1. The van der Waals surface area contributed by atoms with Crippen LogP contribution < -0.4 is 5.32 Å². The summed E-state index contributed by atoms with van der Waals surface area (Å²) in [5.41, 5.74) is 4.77. The average Bonchev–Trinajstić information content (AvgIpc) is 3.00. The number of anilines is 2. The zero-order valence-corrected chi connectivity index (χ0v) is 12.8. The molecule has 1 heterocycles. The molecule has 1 aromatic heterocycles. The van der Waals surface area contributed by atoms with Gasteiger partial charge in [0, 0.05) is 32.6 Å². The van der Waals surface area contributed by atoms with Crippen molar-refractivity contribution in [3.8, 4) is 11.1 Å². The number of rotatable bonds is 3. The van der Waals surface area contributed by atoms with Gasteiger partial charge in [-0.3, -0.25) is 0 Å². The zero-order valence-electron chi connectivity index (χ0n) is 12.0. The molecule has 0 aliphatic carbocycles. The van der Waals surface area contributed by atoms with Crippen molar-refractivity contribution in [3.05, 3.63) is 84.2 Å². The molecular formula is C20H15NS. The van der Waals surface area contributed by atoms with E-state index in [2.05, 4.69) is 71.4 Å². The third-order valence-electron chi connectivity index (χ3n) is 3.75. The molecule has 0 aliphatic rings. The van der Waals surface area contributed by atoms with E-state index in [1.165, 1.54) is 21.2 Å². The van der Waals surface area contributed by atoms with Gasteiger partial charge in [0.1, 0.15) is 0 Å². The lowest BCUT2D eigenvalue weighted by Crippen LogP contribution is -1.92. The Balaban J connectivity index is 1.82. The Kier molecular flexibility index (Phi) is 3.37. The first-order valence-corrected chi connectivity index (χ1v) is 8.17. The van der Waals surface area contributed by atoms with Crippen LogP contribution in [-0.2, 0) is 0 Å². The van der Waals surface area contributed by atoms with Crippen LogP contribution in [0, 0.1) is 0 Å². The highest BCUT2D eigenvalue weighted by Gasteiger charge is 2.10. The molecule has 2 heteroatoms. The van der Waals surface area contributed by atoms with Crippen LogP contribution in [0.4, 0.5) is 11.4 Å². The Bertz CT molecular complexity index is 909. The summed E-state index contributed by atoms with van der Waals surface area (Å²) in [6.07, 6.45) is 0. The third-order valence-corrected chi connectivity index (χ3v) is 4.71. The minimum atomic E-state index is 1.11. The Morgan fingerprint density at radius 3 is 2.27 bits per heavy atom. The van der Waals surface area contributed by atoms with Gasteiger partial charge in [0.2, 0.25) is 0 Å². The molecule has 106 valence electrons. The lowest BCUT2D eigenvalue weighted by molar-refractivity contribution is 1.55. The van der Waals surface area contributed by atoms with E-state index in [0.717, 1.165) is 11.4 Å². The maximum Gasteiger partial charge on any atom is 0.0464 e. The van der Waals surface area contributed by atoms with Gasteiger partial charge in [0.05, 0.1) is 0 Å². The highest BCUT2D eigenvalue weighted by Crippen LogP contribution is 2.38. The smallest absolute Gasteiger partial charge is 0.0464 e. The van der Waals surface area contributed by atoms with Gasteiger partial charge >= 0.3 is 0 Å². The first kappa shape index (κ1) is 13.1. The lowest BCUT2D eigenvalue weighted by Gasteiger charge is -2.11. The largest absolute Gasteiger partial charge is 0.355 e. The standard InChI is InChI=1S/C20H15NS/c1-2-8-15(9-3-1)21-19-12-6-4-10-16(19)18-14-22-20-13-7-5-11-17(18)20/h1-14,21H. The Labute approximate surface area is 133 Å². The molecule has 0 amide bonds. The fourth-order valence-electron chi connectivity index (χ4n) is 2.69. The van der Waals surface area contributed by atoms with Gasteiger partial charge in [-0.15, -0.1) is 11.3 Å². The summed E-state index contributed by atoms with van der Waals surface area (Å²) in [5.74, 6) is 0. The number of nitrogens with one attached hydrogen (secondary N) is 1. The second-order valence-electron chi connectivity index (χ2n) is 5.18. The lowest BCUT2D eigenvalue weighted by atomic mass is 10.0. The van der Waals surface area contributed by atoms with E-state index in [-0.39, 0.29) is 0 Å². The predicted octanol–water partition coefficient (Wildman–Crippen LogP) is 6.31. The Morgan fingerprint density at radius 2 is 1.36 bits per heavy atom. The summed E-state index contributed by atoms with van der Waals surface area (Å²) in [4.78, 5) is 0. The van der Waals surface area contributed by atoms with E-state index >= 15 is 0 Å². The molecule has 0 bridgehead atoms. The number of benzene rings is 3. The van der Waals surface area contributed by atoms with Crippen LogP contribution in [-0.4, -0.2) is 0 Å². The number of hydrogen-bond donors (Lipinski definition) is 1. The van der Waals surface area contributed by atoms with Crippen molar-refractivity contribution in [1.82, 2.24) is 0 Å². The molecule has 1 N–H and O–H groups in total. The van der Waals surface area contributed by atoms with Crippen LogP contribution in [0.2, 0.25) is 0 Å². The fourth-order valence-corrected chi connectivity index (χ4v) is 3.65. The van der Waals surface area contributed by atoms with Crippen LogP contribution in [0.5, 0.6) is 0 Å². The van der Waals surface area contributed by atoms with Gasteiger partial charge in [-0.1, -0.05) is 54.6 Å². The zero-order chi connectivity index (χ0) is 14.8. The molecule has 3 aromatic carbocycles. The van der Waals surface area contributed by atoms with E-state index in [4.69, 9.17) is 0 Å². The minimum Gasteiger partial charge on any atom is -0.355 e. The van der Waals surface area contributed by atoms with Crippen LogP contribution >= 0.6 is 11.3 Å². The molecule has 0 unspecified atom stereocenters. The van der Waals surface area contributed by atoms with Gasteiger partial charge in [-0.05, 0) is 29.6 Å². The van der Waals surface area contributed by atoms with E-state index in [9.17, 15) is 0 Å². The molecule has 4 rings (SSSR count). The topological polar surface area (TPSA) is 12.0 Å². The van der Waals surface area contributed by atoms with E-state index in [1.807, 2.05) is 18.2 Å². The van der Waals surface area contributed by atoms with Crippen molar-refractivity contribution < 1.29 is 0 Å². The summed E-state index contributed by atoms with van der Waals surface area (Å²) in [6, 6.07) is 27.3. The molecule has 0 atom stereocenters. The normalized spacial score (nSPS) is 10.7. The molecule has 0 spiro atoms. The number of para-hydroxylation sites is 2. The highest BCUT2D eigenvalue weighted by molar-refractivity contribution is 7.17. The maximum absolute atomic E-state index is 3.53. The predicted molar refractivity (Wildman–Crippen MR) is 97.0 cm³/mol. The maximum atomic E-state index is 3.53. The van der Waals surface area contributed by atoms with Gasteiger partial charge < -0.3 is 5.32 Å². The van der Waals surface area contributed by atoms with E-state index in [1.54, 1.807) is 11.3 Å². The van der Waals surface area contributed by atoms with Crippen molar-refractivity contribution in [3.63, 3.8) is 0 Å². The van der Waals surface area contributed by atoms with Gasteiger partial charge in [0.25, 0.3) is 0 Å². The summed E-state index contributed by atoms with van der Waals surface area (Å²) in [7, 11) is 0. The number of fused-ring (bicyclic) bond motifs is 1. The van der Waals surface area contributed by atoms with Crippen molar-refractivity contribution in [2.45, 2.75) is 0 Å². The molecule has 0 radical (unpaired) electrons. The molecule has 0 fully saturated rings. The van der Waals surface area contributed by atoms with Crippen molar-refractivity contribution in [2.75, 3.05) is 5.32 Å². The van der Waals surface area contributed by atoms with Crippen molar-refractivity contribution in [1.29, 1.82) is 0 Å².